The smallest absolute Gasteiger partial charge is 0.147 e. The number of piperidine rings is 1. The van der Waals surface area contributed by atoms with Gasteiger partial charge in [0.2, 0.25) is 0 Å². The fourth-order valence-electron chi connectivity index (χ4n) is 2.86. The minimum atomic E-state index is 0.380. The number of aromatic nitrogens is 4. The summed E-state index contributed by atoms with van der Waals surface area (Å²) in [5, 5.41) is 3.14. The van der Waals surface area contributed by atoms with E-state index in [1.807, 2.05) is 20.0 Å². The number of rotatable bonds is 3. The lowest BCUT2D eigenvalue weighted by Gasteiger charge is -2.33. The summed E-state index contributed by atoms with van der Waals surface area (Å²) in [6.07, 6.45) is 7.39. The molecule has 0 radical (unpaired) electrons. The molecule has 0 unspecified atom stereocenters. The van der Waals surface area contributed by atoms with E-state index in [0.29, 0.717) is 5.92 Å². The topological polar surface area (TPSA) is 66.8 Å². The maximum Gasteiger partial charge on any atom is 0.147 e. The highest BCUT2D eigenvalue weighted by atomic mass is 15.2. The van der Waals surface area contributed by atoms with E-state index in [1.54, 1.807) is 18.7 Å². The average molecular weight is 284 g/mol. The molecule has 2 aromatic rings. The summed E-state index contributed by atoms with van der Waals surface area (Å²) >= 11 is 0. The van der Waals surface area contributed by atoms with E-state index in [-0.39, 0.29) is 0 Å². The van der Waals surface area contributed by atoms with Crippen molar-refractivity contribution in [3.8, 4) is 0 Å². The second kappa shape index (κ2) is 6.03. The molecule has 0 amide bonds. The molecule has 0 spiro atoms. The third-order valence-electron chi connectivity index (χ3n) is 3.88. The molecule has 6 heteroatoms. The molecular formula is C15H20N6. The van der Waals surface area contributed by atoms with Crippen LogP contribution in [0.5, 0.6) is 0 Å². The monoisotopic (exact) mass is 284 g/mol. The summed E-state index contributed by atoms with van der Waals surface area (Å²) < 4.78 is 0. The van der Waals surface area contributed by atoms with Crippen LogP contribution in [0.2, 0.25) is 0 Å². The first-order chi connectivity index (χ1) is 10.3. The Balaban J connectivity index is 1.83. The quantitative estimate of drug-likeness (QED) is 0.930. The van der Waals surface area contributed by atoms with Crippen molar-refractivity contribution in [1.82, 2.24) is 19.9 Å². The highest BCUT2D eigenvalue weighted by Crippen LogP contribution is 2.30. The van der Waals surface area contributed by atoms with Crippen LogP contribution in [-0.2, 0) is 0 Å². The van der Waals surface area contributed by atoms with Crippen molar-refractivity contribution >= 4 is 11.6 Å². The van der Waals surface area contributed by atoms with Crippen molar-refractivity contribution in [1.29, 1.82) is 0 Å². The molecule has 0 saturated carbocycles. The maximum atomic E-state index is 4.53. The van der Waals surface area contributed by atoms with Gasteiger partial charge < -0.3 is 10.2 Å². The molecule has 1 aliphatic rings. The van der Waals surface area contributed by atoms with Gasteiger partial charge in [0.05, 0.1) is 5.69 Å². The third kappa shape index (κ3) is 2.94. The van der Waals surface area contributed by atoms with Gasteiger partial charge in [0.25, 0.3) is 0 Å². The van der Waals surface area contributed by atoms with E-state index in [1.165, 1.54) is 0 Å². The summed E-state index contributed by atoms with van der Waals surface area (Å²) in [6.45, 7) is 3.94. The second-order valence-corrected chi connectivity index (χ2v) is 5.34. The summed E-state index contributed by atoms with van der Waals surface area (Å²) in [6, 6.07) is 2.04. The van der Waals surface area contributed by atoms with Crippen LogP contribution >= 0.6 is 0 Å². The lowest BCUT2D eigenvalue weighted by Crippen LogP contribution is -2.35. The Morgan fingerprint density at radius 3 is 2.86 bits per heavy atom. The van der Waals surface area contributed by atoms with Gasteiger partial charge in [-0.3, -0.25) is 4.98 Å². The molecule has 1 saturated heterocycles. The van der Waals surface area contributed by atoms with Crippen molar-refractivity contribution in [2.75, 3.05) is 30.4 Å². The molecule has 1 N–H and O–H groups in total. The van der Waals surface area contributed by atoms with E-state index < -0.39 is 0 Å². The first kappa shape index (κ1) is 13.7. The number of hydrogen-bond donors (Lipinski definition) is 1. The normalized spacial score (nSPS) is 18.6. The first-order valence-electron chi connectivity index (χ1n) is 7.30. The Labute approximate surface area is 124 Å². The lowest BCUT2D eigenvalue weighted by atomic mass is 9.94. The molecule has 21 heavy (non-hydrogen) atoms. The third-order valence-corrected chi connectivity index (χ3v) is 3.88. The van der Waals surface area contributed by atoms with E-state index in [2.05, 4.69) is 30.2 Å². The van der Waals surface area contributed by atoms with Crippen LogP contribution in [0.25, 0.3) is 0 Å². The fourth-order valence-corrected chi connectivity index (χ4v) is 2.86. The molecular weight excluding hydrogens is 264 g/mol. The van der Waals surface area contributed by atoms with Crippen LogP contribution in [0.4, 0.5) is 11.6 Å². The highest BCUT2D eigenvalue weighted by molar-refractivity contribution is 5.44. The molecule has 1 aliphatic heterocycles. The van der Waals surface area contributed by atoms with Gasteiger partial charge in [0, 0.05) is 50.2 Å². The first-order valence-corrected chi connectivity index (χ1v) is 7.30. The molecule has 1 atom stereocenters. The van der Waals surface area contributed by atoms with Gasteiger partial charge in [-0.15, -0.1) is 0 Å². The number of nitrogens with zero attached hydrogens (tertiary/aromatic N) is 5. The minimum Gasteiger partial charge on any atom is -0.372 e. The van der Waals surface area contributed by atoms with Crippen molar-refractivity contribution in [2.24, 2.45) is 0 Å². The molecule has 0 bridgehead atoms. The van der Waals surface area contributed by atoms with Crippen molar-refractivity contribution in [3.63, 3.8) is 0 Å². The molecule has 3 heterocycles. The predicted octanol–water partition coefficient (Wildman–Crippen LogP) is 2.00. The maximum absolute atomic E-state index is 4.53. The number of anilines is 2. The van der Waals surface area contributed by atoms with Crippen LogP contribution < -0.4 is 10.2 Å². The fraction of sp³-hybridized carbons (Fsp3) is 0.467. The Kier molecular flexibility index (Phi) is 3.94. The SMILES string of the molecule is CNc1nccnc1[C@H]1CCCN(c2cc(C)ncn2)C1. The number of aryl methyl sites for hydroxylation is 1. The Morgan fingerprint density at radius 2 is 2.05 bits per heavy atom. The molecule has 2 aromatic heterocycles. The van der Waals surface area contributed by atoms with Gasteiger partial charge in [-0.05, 0) is 19.8 Å². The van der Waals surface area contributed by atoms with Crippen molar-refractivity contribution in [3.05, 3.63) is 36.2 Å². The van der Waals surface area contributed by atoms with Gasteiger partial charge >= 0.3 is 0 Å². The Hall–Kier alpha value is -2.24. The van der Waals surface area contributed by atoms with Crippen molar-refractivity contribution < 1.29 is 0 Å². The highest BCUT2D eigenvalue weighted by Gasteiger charge is 2.25. The lowest BCUT2D eigenvalue weighted by molar-refractivity contribution is 0.498. The van der Waals surface area contributed by atoms with Crippen molar-refractivity contribution in [2.45, 2.75) is 25.7 Å². The summed E-state index contributed by atoms with van der Waals surface area (Å²) in [5.74, 6) is 2.26. The largest absolute Gasteiger partial charge is 0.372 e. The van der Waals surface area contributed by atoms with Crippen LogP contribution in [0.15, 0.2) is 24.8 Å². The van der Waals surface area contributed by atoms with Gasteiger partial charge in [-0.2, -0.15) is 0 Å². The molecule has 1 fully saturated rings. The molecule has 3 rings (SSSR count). The van der Waals surface area contributed by atoms with E-state index in [9.17, 15) is 0 Å². The van der Waals surface area contributed by atoms with Gasteiger partial charge in [0.15, 0.2) is 0 Å². The number of hydrogen-bond acceptors (Lipinski definition) is 6. The van der Waals surface area contributed by atoms with E-state index in [4.69, 9.17) is 0 Å². The zero-order valence-electron chi connectivity index (χ0n) is 12.5. The predicted molar refractivity (Wildman–Crippen MR) is 82.5 cm³/mol. The second-order valence-electron chi connectivity index (χ2n) is 5.34. The molecule has 6 nitrogen and oxygen atoms in total. The van der Waals surface area contributed by atoms with E-state index >= 15 is 0 Å². The standard InChI is InChI=1S/C15H20N6/c1-11-8-13(20-10-19-11)21-7-3-4-12(9-21)14-15(16-2)18-6-5-17-14/h5-6,8,10,12H,3-4,7,9H2,1-2H3,(H,16,18)/t12-/m0/s1. The molecule has 0 aliphatic carbocycles. The zero-order valence-corrected chi connectivity index (χ0v) is 12.5. The van der Waals surface area contributed by atoms with Gasteiger partial charge in [-0.25, -0.2) is 15.0 Å². The van der Waals surface area contributed by atoms with Gasteiger partial charge in [0.1, 0.15) is 18.0 Å². The van der Waals surface area contributed by atoms with Gasteiger partial charge in [-0.1, -0.05) is 0 Å². The van der Waals surface area contributed by atoms with Crippen LogP contribution in [0.1, 0.15) is 30.1 Å². The summed E-state index contributed by atoms with van der Waals surface area (Å²) in [4.78, 5) is 19.8. The summed E-state index contributed by atoms with van der Waals surface area (Å²) in [7, 11) is 1.89. The zero-order chi connectivity index (χ0) is 14.7. The van der Waals surface area contributed by atoms with Crippen LogP contribution in [-0.4, -0.2) is 40.1 Å². The Morgan fingerprint density at radius 1 is 1.19 bits per heavy atom. The van der Waals surface area contributed by atoms with Crippen LogP contribution in [0.3, 0.4) is 0 Å². The minimum absolute atomic E-state index is 0.380. The average Bonchev–Trinajstić information content (AvgIpc) is 2.55. The van der Waals surface area contributed by atoms with E-state index in [0.717, 1.165) is 49.0 Å². The summed E-state index contributed by atoms with van der Waals surface area (Å²) in [5.41, 5.74) is 2.05. The Bertz CT molecular complexity index is 615. The molecule has 0 aromatic carbocycles. The molecule has 110 valence electrons. The number of nitrogens with one attached hydrogen (secondary N) is 1. The van der Waals surface area contributed by atoms with Crippen LogP contribution in [0, 0.1) is 6.92 Å².